The summed E-state index contributed by atoms with van der Waals surface area (Å²) in [6, 6.07) is 0. The summed E-state index contributed by atoms with van der Waals surface area (Å²) in [7, 11) is 0. The lowest BCUT2D eigenvalue weighted by molar-refractivity contribution is -0.314. The van der Waals surface area contributed by atoms with Gasteiger partial charge in [0.05, 0.1) is 11.7 Å². The fraction of sp³-hybridized carbons (Fsp3) is 1.00. The standard InChI is InChI=1S/C30H52O3/c1-20(9-8-14-25(2,3)33-32)21-12-15-28(7)23-11-10-22-26(4,5)24(31)13-16-29(22)19-30(23,29)18-17-27(21,28)6/h20-24,31-32H,8-19H2,1-7H3/t20-,21-,22+,23+,24+,27-,28+,29-,30+/m1/s1. The van der Waals surface area contributed by atoms with Gasteiger partial charge in [0.15, 0.2) is 0 Å². The lowest BCUT2D eigenvalue weighted by atomic mass is 9.41. The SMILES string of the molecule is C[C@H](CCCC(C)(C)OO)[C@H]1CC[C@@]2(C)[C@@H]3CC[C@H]4C(C)(C)[C@@H](O)CC[C@@]45C[C@@]35CC[C@]12C. The Labute approximate surface area is 203 Å². The summed E-state index contributed by atoms with van der Waals surface area (Å²) in [5.41, 5.74) is 1.74. The highest BCUT2D eigenvalue weighted by atomic mass is 17.1. The molecule has 33 heavy (non-hydrogen) atoms. The summed E-state index contributed by atoms with van der Waals surface area (Å²) in [4.78, 5) is 4.69. The topological polar surface area (TPSA) is 49.7 Å². The second-order valence-electron chi connectivity index (χ2n) is 15.2. The Morgan fingerprint density at radius 3 is 2.24 bits per heavy atom. The van der Waals surface area contributed by atoms with Crippen LogP contribution in [-0.2, 0) is 4.89 Å². The molecular formula is C30H52O3. The minimum atomic E-state index is -0.425. The van der Waals surface area contributed by atoms with Gasteiger partial charge in [-0.2, -0.15) is 0 Å². The lowest BCUT2D eigenvalue weighted by Crippen LogP contribution is -2.57. The quantitative estimate of drug-likeness (QED) is 0.313. The highest BCUT2D eigenvalue weighted by molar-refractivity contribution is 5.30. The predicted octanol–water partition coefficient (Wildman–Crippen LogP) is 7.86. The van der Waals surface area contributed by atoms with Gasteiger partial charge in [0.25, 0.3) is 0 Å². The molecule has 9 atom stereocenters. The van der Waals surface area contributed by atoms with Crippen molar-refractivity contribution in [2.45, 2.75) is 137 Å². The molecule has 5 rings (SSSR count). The van der Waals surface area contributed by atoms with Crippen LogP contribution < -0.4 is 0 Å². The second kappa shape index (κ2) is 7.45. The molecule has 0 saturated heterocycles. The van der Waals surface area contributed by atoms with E-state index in [9.17, 15) is 5.11 Å². The minimum absolute atomic E-state index is 0.0904. The number of rotatable bonds is 6. The maximum Gasteiger partial charge on any atom is 0.0977 e. The van der Waals surface area contributed by atoms with Crippen molar-refractivity contribution >= 4 is 0 Å². The summed E-state index contributed by atoms with van der Waals surface area (Å²) < 4.78 is 0. The summed E-state index contributed by atoms with van der Waals surface area (Å²) in [5.74, 6) is 3.19. The molecule has 2 spiro atoms. The monoisotopic (exact) mass is 460 g/mol. The van der Waals surface area contributed by atoms with E-state index in [0.717, 1.165) is 42.9 Å². The van der Waals surface area contributed by atoms with E-state index in [1.807, 2.05) is 13.8 Å². The zero-order valence-corrected chi connectivity index (χ0v) is 22.7. The molecule has 0 unspecified atom stereocenters. The summed E-state index contributed by atoms with van der Waals surface area (Å²) in [5, 5.41) is 20.0. The Morgan fingerprint density at radius 1 is 0.879 bits per heavy atom. The fourth-order valence-corrected chi connectivity index (χ4v) is 11.4. The van der Waals surface area contributed by atoms with Crippen molar-refractivity contribution in [1.29, 1.82) is 0 Å². The van der Waals surface area contributed by atoms with Gasteiger partial charge >= 0.3 is 0 Å². The van der Waals surface area contributed by atoms with Crippen molar-refractivity contribution in [3.8, 4) is 0 Å². The van der Waals surface area contributed by atoms with Crippen molar-refractivity contribution in [3.05, 3.63) is 0 Å². The van der Waals surface area contributed by atoms with E-state index in [2.05, 4.69) is 39.5 Å². The van der Waals surface area contributed by atoms with E-state index >= 15 is 0 Å². The first-order valence-corrected chi connectivity index (χ1v) is 14.3. The van der Waals surface area contributed by atoms with E-state index < -0.39 is 5.60 Å². The van der Waals surface area contributed by atoms with Crippen LogP contribution in [0.4, 0.5) is 0 Å². The van der Waals surface area contributed by atoms with Crippen LogP contribution in [0.1, 0.15) is 126 Å². The summed E-state index contributed by atoms with van der Waals surface area (Å²) >= 11 is 0. The van der Waals surface area contributed by atoms with E-state index in [1.54, 1.807) is 0 Å². The van der Waals surface area contributed by atoms with Gasteiger partial charge in [0.2, 0.25) is 0 Å². The average molecular weight is 461 g/mol. The Kier molecular flexibility index (Phi) is 5.55. The van der Waals surface area contributed by atoms with Crippen LogP contribution in [0.3, 0.4) is 0 Å². The number of fused-ring (bicyclic) bond motifs is 2. The molecule has 2 N–H and O–H groups in total. The second-order valence-corrected chi connectivity index (χ2v) is 15.2. The average Bonchev–Trinajstić information content (AvgIpc) is 3.33. The molecule has 0 aromatic heterocycles. The van der Waals surface area contributed by atoms with Crippen LogP contribution in [0, 0.1) is 50.7 Å². The number of hydrogen-bond donors (Lipinski definition) is 2. The van der Waals surface area contributed by atoms with Crippen molar-refractivity contribution < 1.29 is 15.3 Å². The highest BCUT2D eigenvalue weighted by Crippen LogP contribution is 2.89. The molecular weight excluding hydrogens is 408 g/mol. The van der Waals surface area contributed by atoms with Crippen LogP contribution in [0.15, 0.2) is 0 Å². The molecule has 0 aromatic rings. The Hall–Kier alpha value is -0.120. The third kappa shape index (κ3) is 3.10. The molecule has 5 saturated carbocycles. The highest BCUT2D eigenvalue weighted by Gasteiger charge is 2.82. The minimum Gasteiger partial charge on any atom is -0.393 e. The molecule has 0 bridgehead atoms. The van der Waals surface area contributed by atoms with Gasteiger partial charge in [0.1, 0.15) is 0 Å². The van der Waals surface area contributed by atoms with E-state index in [4.69, 9.17) is 5.26 Å². The van der Waals surface area contributed by atoms with Gasteiger partial charge < -0.3 is 5.11 Å². The molecule has 5 aliphatic carbocycles. The van der Waals surface area contributed by atoms with Crippen LogP contribution in [0.2, 0.25) is 0 Å². The normalized spacial score (nSPS) is 51.2. The molecule has 0 aromatic carbocycles. The van der Waals surface area contributed by atoms with Crippen LogP contribution >= 0.6 is 0 Å². The van der Waals surface area contributed by atoms with Crippen LogP contribution in [-0.4, -0.2) is 22.1 Å². The molecule has 0 aliphatic heterocycles. The van der Waals surface area contributed by atoms with Gasteiger partial charge in [0, 0.05) is 0 Å². The molecule has 190 valence electrons. The third-order valence-electron chi connectivity index (χ3n) is 13.5. The van der Waals surface area contributed by atoms with Crippen molar-refractivity contribution in [2.24, 2.45) is 50.7 Å². The molecule has 3 nitrogen and oxygen atoms in total. The Morgan fingerprint density at radius 2 is 1.55 bits per heavy atom. The largest absolute Gasteiger partial charge is 0.393 e. The lowest BCUT2D eigenvalue weighted by Gasteiger charge is -2.63. The van der Waals surface area contributed by atoms with Crippen molar-refractivity contribution in [1.82, 2.24) is 0 Å². The zero-order valence-electron chi connectivity index (χ0n) is 22.7. The molecule has 0 heterocycles. The fourth-order valence-electron chi connectivity index (χ4n) is 11.4. The Balaban J connectivity index is 1.35. The van der Waals surface area contributed by atoms with Crippen molar-refractivity contribution in [2.75, 3.05) is 0 Å². The predicted molar refractivity (Wildman–Crippen MR) is 134 cm³/mol. The van der Waals surface area contributed by atoms with E-state index in [0.29, 0.717) is 21.7 Å². The Bertz CT molecular complexity index is 775. The maximum absolute atomic E-state index is 10.9. The molecule has 0 amide bonds. The molecule has 0 radical (unpaired) electrons. The smallest absolute Gasteiger partial charge is 0.0977 e. The first-order valence-electron chi connectivity index (χ1n) is 14.3. The van der Waals surface area contributed by atoms with Gasteiger partial charge in [-0.15, -0.1) is 0 Å². The molecule has 5 aliphatic rings. The number of aliphatic hydroxyl groups excluding tert-OH is 1. The van der Waals surface area contributed by atoms with Gasteiger partial charge in [-0.3, -0.25) is 5.26 Å². The van der Waals surface area contributed by atoms with Crippen LogP contribution in [0.25, 0.3) is 0 Å². The summed E-state index contributed by atoms with van der Waals surface area (Å²) in [6.45, 7) is 16.6. The first-order chi connectivity index (χ1) is 15.3. The number of aliphatic hydroxyl groups is 1. The van der Waals surface area contributed by atoms with Crippen molar-refractivity contribution in [3.63, 3.8) is 0 Å². The molecule has 5 fully saturated rings. The van der Waals surface area contributed by atoms with Gasteiger partial charge in [-0.1, -0.05) is 47.5 Å². The third-order valence-corrected chi connectivity index (χ3v) is 13.5. The zero-order chi connectivity index (χ0) is 24.1. The van der Waals surface area contributed by atoms with E-state index in [1.165, 1.54) is 57.8 Å². The molecule has 3 heteroatoms. The van der Waals surface area contributed by atoms with Gasteiger partial charge in [-0.25, -0.2) is 4.89 Å². The number of hydrogen-bond acceptors (Lipinski definition) is 3. The van der Waals surface area contributed by atoms with Gasteiger partial charge in [-0.05, 0) is 129 Å². The maximum atomic E-state index is 10.9. The van der Waals surface area contributed by atoms with Crippen LogP contribution in [0.5, 0.6) is 0 Å². The summed E-state index contributed by atoms with van der Waals surface area (Å²) in [6.07, 6.45) is 15.4. The van der Waals surface area contributed by atoms with E-state index in [-0.39, 0.29) is 11.5 Å². The first kappa shape index (κ1) is 24.6.